The van der Waals surface area contributed by atoms with Crippen LogP contribution in [0, 0.1) is 5.92 Å². The number of carbonyl (C=O) groups is 2. The van der Waals surface area contributed by atoms with Gasteiger partial charge in [0.2, 0.25) is 11.8 Å². The molecule has 1 aliphatic heterocycles. The maximum atomic E-state index is 12.2. The predicted octanol–water partition coefficient (Wildman–Crippen LogP) is 1.72. The van der Waals surface area contributed by atoms with Gasteiger partial charge in [-0.3, -0.25) is 14.5 Å². The van der Waals surface area contributed by atoms with Crippen LogP contribution in [0.3, 0.4) is 0 Å². The highest BCUT2D eigenvalue weighted by Crippen LogP contribution is 2.26. The zero-order valence-electron chi connectivity index (χ0n) is 15.3. The van der Waals surface area contributed by atoms with Gasteiger partial charge in [-0.25, -0.2) is 0 Å². The van der Waals surface area contributed by atoms with E-state index in [1.165, 1.54) is 0 Å². The van der Waals surface area contributed by atoms with Crippen LogP contribution in [0.25, 0.3) is 0 Å². The van der Waals surface area contributed by atoms with E-state index in [1.54, 1.807) is 0 Å². The molecule has 1 aromatic carbocycles. The van der Waals surface area contributed by atoms with Crippen molar-refractivity contribution in [3.63, 3.8) is 0 Å². The number of amides is 2. The molecule has 2 fully saturated rings. The van der Waals surface area contributed by atoms with E-state index in [0.29, 0.717) is 18.9 Å². The van der Waals surface area contributed by atoms with Gasteiger partial charge in [0.25, 0.3) is 0 Å². The molecule has 1 saturated heterocycles. The Hall–Kier alpha value is -1.92. The molecule has 0 radical (unpaired) electrons. The Balaban J connectivity index is 1.34. The number of hydrogen-bond donors (Lipinski definition) is 3. The number of likely N-dealkylation sites (tertiary alicyclic amines) is 1. The Morgan fingerprint density at radius 2 is 1.77 bits per heavy atom. The summed E-state index contributed by atoms with van der Waals surface area (Å²) in [4.78, 5) is 26.5. The van der Waals surface area contributed by atoms with Crippen molar-refractivity contribution in [2.24, 2.45) is 11.7 Å². The number of para-hydroxylation sites is 1. The minimum Gasteiger partial charge on any atom is -0.353 e. The van der Waals surface area contributed by atoms with Crippen molar-refractivity contribution in [2.45, 2.75) is 50.6 Å². The van der Waals surface area contributed by atoms with Crippen LogP contribution in [-0.4, -0.2) is 48.4 Å². The van der Waals surface area contributed by atoms with Gasteiger partial charge >= 0.3 is 0 Å². The van der Waals surface area contributed by atoms with Crippen LogP contribution in [0.15, 0.2) is 30.3 Å². The third-order valence-corrected chi connectivity index (χ3v) is 5.54. The van der Waals surface area contributed by atoms with E-state index in [2.05, 4.69) is 15.5 Å². The Kier molecular flexibility index (Phi) is 6.63. The zero-order chi connectivity index (χ0) is 18.4. The third kappa shape index (κ3) is 5.54. The Morgan fingerprint density at radius 3 is 2.42 bits per heavy atom. The fraction of sp³-hybridized carbons (Fsp3) is 0.600. The van der Waals surface area contributed by atoms with E-state index in [4.69, 9.17) is 5.73 Å². The summed E-state index contributed by atoms with van der Waals surface area (Å²) in [5, 5.41) is 6.07. The van der Waals surface area contributed by atoms with Crippen molar-refractivity contribution in [1.29, 1.82) is 0 Å². The smallest absolute Gasteiger partial charge is 0.238 e. The first-order valence-electron chi connectivity index (χ1n) is 9.72. The second kappa shape index (κ2) is 9.14. The number of benzene rings is 1. The van der Waals surface area contributed by atoms with E-state index in [0.717, 1.165) is 50.9 Å². The van der Waals surface area contributed by atoms with Gasteiger partial charge in [-0.1, -0.05) is 24.6 Å². The second-order valence-electron chi connectivity index (χ2n) is 7.59. The molecular formula is C20H30N4O2. The van der Waals surface area contributed by atoms with Gasteiger partial charge in [0.1, 0.15) is 0 Å². The number of anilines is 1. The largest absolute Gasteiger partial charge is 0.353 e. The lowest BCUT2D eigenvalue weighted by atomic mass is 9.98. The number of carbonyl (C=O) groups excluding carboxylic acids is 2. The normalized spacial score (nSPS) is 24.3. The third-order valence-electron chi connectivity index (χ3n) is 5.54. The van der Waals surface area contributed by atoms with Crippen LogP contribution in [-0.2, 0) is 9.59 Å². The summed E-state index contributed by atoms with van der Waals surface area (Å²) in [6.45, 7) is 2.05. The molecule has 0 bridgehead atoms. The summed E-state index contributed by atoms with van der Waals surface area (Å²) in [5.74, 6) is 0.485. The van der Waals surface area contributed by atoms with Crippen molar-refractivity contribution in [3.05, 3.63) is 30.3 Å². The van der Waals surface area contributed by atoms with Gasteiger partial charge in [-0.15, -0.1) is 0 Å². The van der Waals surface area contributed by atoms with E-state index >= 15 is 0 Å². The van der Waals surface area contributed by atoms with Crippen molar-refractivity contribution < 1.29 is 9.59 Å². The van der Waals surface area contributed by atoms with Gasteiger partial charge < -0.3 is 16.4 Å². The van der Waals surface area contributed by atoms with Crippen LogP contribution < -0.4 is 16.4 Å². The molecule has 2 atom stereocenters. The molecule has 3 rings (SSSR count). The van der Waals surface area contributed by atoms with Gasteiger partial charge in [0, 0.05) is 37.3 Å². The van der Waals surface area contributed by atoms with Gasteiger partial charge in [0.05, 0.1) is 6.54 Å². The van der Waals surface area contributed by atoms with Crippen molar-refractivity contribution in [2.75, 3.05) is 25.0 Å². The summed E-state index contributed by atoms with van der Waals surface area (Å²) in [6.07, 6.45) is 5.59. The van der Waals surface area contributed by atoms with E-state index in [-0.39, 0.29) is 23.9 Å². The fourth-order valence-electron chi connectivity index (χ4n) is 4.00. The topological polar surface area (TPSA) is 87.5 Å². The van der Waals surface area contributed by atoms with Crippen molar-refractivity contribution >= 4 is 17.5 Å². The van der Waals surface area contributed by atoms with Crippen LogP contribution in [0.1, 0.15) is 38.5 Å². The van der Waals surface area contributed by atoms with Crippen LogP contribution >= 0.6 is 0 Å². The van der Waals surface area contributed by atoms with Crippen LogP contribution in [0.4, 0.5) is 5.69 Å². The van der Waals surface area contributed by atoms with Crippen LogP contribution in [0.2, 0.25) is 0 Å². The molecule has 1 saturated carbocycles. The number of nitrogens with zero attached hydrogens (tertiary/aromatic N) is 1. The Labute approximate surface area is 155 Å². The zero-order valence-corrected chi connectivity index (χ0v) is 15.3. The fourth-order valence-corrected chi connectivity index (χ4v) is 4.00. The van der Waals surface area contributed by atoms with E-state index in [1.807, 2.05) is 30.3 Å². The highest BCUT2D eigenvalue weighted by Gasteiger charge is 2.28. The number of rotatable bonds is 6. The van der Waals surface area contributed by atoms with Crippen LogP contribution in [0.5, 0.6) is 0 Å². The molecule has 0 spiro atoms. The van der Waals surface area contributed by atoms with Crippen molar-refractivity contribution in [1.82, 2.24) is 10.2 Å². The molecule has 4 N–H and O–H groups in total. The lowest BCUT2D eigenvalue weighted by Crippen LogP contribution is -2.47. The molecule has 6 nitrogen and oxygen atoms in total. The molecule has 1 heterocycles. The molecule has 1 aromatic rings. The first-order valence-corrected chi connectivity index (χ1v) is 9.72. The number of nitrogens with one attached hydrogen (secondary N) is 2. The first kappa shape index (κ1) is 18.9. The Bertz CT molecular complexity index is 599. The molecule has 6 heteroatoms. The first-order chi connectivity index (χ1) is 12.6. The highest BCUT2D eigenvalue weighted by molar-refractivity contribution is 5.92. The van der Waals surface area contributed by atoms with E-state index in [9.17, 15) is 9.59 Å². The highest BCUT2D eigenvalue weighted by atomic mass is 16.2. The summed E-state index contributed by atoms with van der Waals surface area (Å²) >= 11 is 0. The second-order valence-corrected chi connectivity index (χ2v) is 7.59. The number of nitrogens with two attached hydrogens (primary N) is 1. The average molecular weight is 358 g/mol. The lowest BCUT2D eigenvalue weighted by molar-refractivity contribution is -0.123. The SMILES string of the molecule is N[C@@H]1CCC[C@H]1CC(=O)NC1CCN(CC(=O)Nc2ccccc2)CC1. The number of hydrogen-bond acceptors (Lipinski definition) is 4. The minimum atomic E-state index is 0.00825. The van der Waals surface area contributed by atoms with Gasteiger partial charge in [-0.2, -0.15) is 0 Å². The summed E-state index contributed by atoms with van der Waals surface area (Å²) in [6, 6.07) is 9.91. The van der Waals surface area contributed by atoms with Gasteiger partial charge in [-0.05, 0) is 43.7 Å². The molecular weight excluding hydrogens is 328 g/mol. The predicted molar refractivity (Wildman–Crippen MR) is 103 cm³/mol. The lowest BCUT2D eigenvalue weighted by Gasteiger charge is -2.32. The summed E-state index contributed by atoms with van der Waals surface area (Å²) in [5.41, 5.74) is 6.88. The van der Waals surface area contributed by atoms with E-state index < -0.39 is 0 Å². The molecule has 0 unspecified atom stereocenters. The standard InChI is InChI=1S/C20H30N4O2/c21-18-8-4-5-15(18)13-19(25)22-17-9-11-24(12-10-17)14-20(26)23-16-6-2-1-3-7-16/h1-3,6-7,15,17-18H,4-5,8-14,21H2,(H,22,25)(H,23,26)/t15-,18+/m0/s1. The molecule has 0 aromatic heterocycles. The average Bonchev–Trinajstić information content (AvgIpc) is 3.02. The molecule has 26 heavy (non-hydrogen) atoms. The monoisotopic (exact) mass is 358 g/mol. The molecule has 1 aliphatic carbocycles. The summed E-state index contributed by atoms with van der Waals surface area (Å²) < 4.78 is 0. The minimum absolute atomic E-state index is 0.00825. The molecule has 142 valence electrons. The van der Waals surface area contributed by atoms with Gasteiger partial charge in [0.15, 0.2) is 0 Å². The molecule has 2 aliphatic rings. The number of piperidine rings is 1. The summed E-state index contributed by atoms with van der Waals surface area (Å²) in [7, 11) is 0. The quantitative estimate of drug-likeness (QED) is 0.723. The molecule has 2 amide bonds. The maximum Gasteiger partial charge on any atom is 0.238 e. The Morgan fingerprint density at radius 1 is 1.04 bits per heavy atom. The van der Waals surface area contributed by atoms with Crippen molar-refractivity contribution in [3.8, 4) is 0 Å². The maximum absolute atomic E-state index is 12.2.